The molecule has 1 fully saturated rings. The van der Waals surface area contributed by atoms with Crippen molar-refractivity contribution in [2.75, 3.05) is 0 Å². The molecule has 0 aromatic rings. The lowest BCUT2D eigenvalue weighted by Gasteiger charge is -2.03. The van der Waals surface area contributed by atoms with Crippen LogP contribution in [0.2, 0.25) is 0 Å². The summed E-state index contributed by atoms with van der Waals surface area (Å²) >= 11 is 0. The SMILES string of the molecule is C#CCCC[C@@]1(C)CC1=C. The predicted molar refractivity (Wildman–Crippen MR) is 44.5 cm³/mol. The molecule has 1 atom stereocenters. The molecule has 1 saturated carbocycles. The quantitative estimate of drug-likeness (QED) is 0.316. The molecule has 10 heavy (non-hydrogen) atoms. The van der Waals surface area contributed by atoms with E-state index in [1.807, 2.05) is 0 Å². The summed E-state index contributed by atoms with van der Waals surface area (Å²) in [7, 11) is 0. The Morgan fingerprint density at radius 2 is 2.40 bits per heavy atom. The van der Waals surface area contributed by atoms with Crippen molar-refractivity contribution in [2.24, 2.45) is 5.41 Å². The molecular formula is C10H14. The average Bonchev–Trinajstić information content (AvgIpc) is 2.42. The van der Waals surface area contributed by atoms with Gasteiger partial charge in [-0.3, -0.25) is 0 Å². The Kier molecular flexibility index (Phi) is 1.85. The van der Waals surface area contributed by atoms with Crippen molar-refractivity contribution in [3.05, 3.63) is 12.2 Å². The third-order valence-electron chi connectivity index (χ3n) is 2.38. The summed E-state index contributed by atoms with van der Waals surface area (Å²) < 4.78 is 0. The highest BCUT2D eigenvalue weighted by atomic mass is 14.4. The maximum absolute atomic E-state index is 5.14. The van der Waals surface area contributed by atoms with Crippen molar-refractivity contribution in [1.82, 2.24) is 0 Å². The van der Waals surface area contributed by atoms with E-state index in [2.05, 4.69) is 19.4 Å². The Balaban J connectivity index is 2.16. The van der Waals surface area contributed by atoms with Crippen molar-refractivity contribution < 1.29 is 0 Å². The predicted octanol–water partition coefficient (Wildman–Crippen LogP) is 2.76. The van der Waals surface area contributed by atoms with Gasteiger partial charge in [0.25, 0.3) is 0 Å². The third-order valence-corrected chi connectivity index (χ3v) is 2.38. The summed E-state index contributed by atoms with van der Waals surface area (Å²) in [6.45, 7) is 6.22. The van der Waals surface area contributed by atoms with Crippen molar-refractivity contribution in [1.29, 1.82) is 0 Å². The summed E-state index contributed by atoms with van der Waals surface area (Å²) in [5.41, 5.74) is 1.88. The fraction of sp³-hybridized carbons (Fsp3) is 0.600. The molecule has 1 rings (SSSR count). The first-order valence-electron chi connectivity index (χ1n) is 3.81. The third kappa shape index (κ3) is 1.42. The Morgan fingerprint density at radius 1 is 1.80 bits per heavy atom. The lowest BCUT2D eigenvalue weighted by molar-refractivity contribution is 0.523. The molecule has 54 valence electrons. The smallest absolute Gasteiger partial charge is 0.00863 e. The van der Waals surface area contributed by atoms with E-state index in [4.69, 9.17) is 6.42 Å². The first-order valence-corrected chi connectivity index (χ1v) is 3.81. The molecule has 0 saturated heterocycles. The Morgan fingerprint density at radius 3 is 2.80 bits per heavy atom. The zero-order chi connectivity index (χ0) is 7.61. The van der Waals surface area contributed by atoms with E-state index >= 15 is 0 Å². The minimum atomic E-state index is 0.469. The Labute approximate surface area is 63.3 Å². The van der Waals surface area contributed by atoms with Crippen molar-refractivity contribution in [3.8, 4) is 12.3 Å². The van der Waals surface area contributed by atoms with Gasteiger partial charge in [0, 0.05) is 6.42 Å². The van der Waals surface area contributed by atoms with Gasteiger partial charge in [0.05, 0.1) is 0 Å². The van der Waals surface area contributed by atoms with Crippen LogP contribution < -0.4 is 0 Å². The largest absolute Gasteiger partial charge is 0.120 e. The fourth-order valence-corrected chi connectivity index (χ4v) is 1.27. The van der Waals surface area contributed by atoms with Crippen LogP contribution in [0.25, 0.3) is 0 Å². The number of allylic oxidation sites excluding steroid dienone is 1. The Bertz CT molecular complexity index is 183. The zero-order valence-electron chi connectivity index (χ0n) is 6.61. The van der Waals surface area contributed by atoms with Crippen LogP contribution in [0.4, 0.5) is 0 Å². The maximum atomic E-state index is 5.14. The molecule has 0 aromatic carbocycles. The monoisotopic (exact) mass is 134 g/mol. The van der Waals surface area contributed by atoms with E-state index in [9.17, 15) is 0 Å². The zero-order valence-corrected chi connectivity index (χ0v) is 6.61. The molecule has 0 spiro atoms. The van der Waals surface area contributed by atoms with Gasteiger partial charge in [0.2, 0.25) is 0 Å². The van der Waals surface area contributed by atoms with Crippen molar-refractivity contribution in [2.45, 2.75) is 32.6 Å². The van der Waals surface area contributed by atoms with E-state index in [0.717, 1.165) is 12.8 Å². The maximum Gasteiger partial charge on any atom is 0.00863 e. The lowest BCUT2D eigenvalue weighted by Crippen LogP contribution is -1.91. The number of rotatable bonds is 3. The average molecular weight is 134 g/mol. The van der Waals surface area contributed by atoms with E-state index in [1.165, 1.54) is 18.4 Å². The van der Waals surface area contributed by atoms with Crippen LogP contribution in [-0.2, 0) is 0 Å². The number of hydrogen-bond acceptors (Lipinski definition) is 0. The van der Waals surface area contributed by atoms with Crippen LogP contribution in [0, 0.1) is 17.8 Å². The molecule has 0 heteroatoms. The van der Waals surface area contributed by atoms with E-state index < -0.39 is 0 Å². The molecule has 0 aromatic heterocycles. The minimum Gasteiger partial charge on any atom is -0.120 e. The first-order chi connectivity index (χ1) is 4.69. The second kappa shape index (κ2) is 2.50. The van der Waals surface area contributed by atoms with Gasteiger partial charge in [0.15, 0.2) is 0 Å². The summed E-state index contributed by atoms with van der Waals surface area (Å²) in [6, 6.07) is 0. The first kappa shape index (κ1) is 7.41. The molecular weight excluding hydrogens is 120 g/mol. The van der Waals surface area contributed by atoms with Crippen LogP contribution in [0.3, 0.4) is 0 Å². The number of unbranched alkanes of at least 4 members (excludes halogenated alkanes) is 1. The highest BCUT2D eigenvalue weighted by Crippen LogP contribution is 2.53. The molecule has 0 radical (unpaired) electrons. The van der Waals surface area contributed by atoms with Crippen molar-refractivity contribution >= 4 is 0 Å². The molecule has 0 heterocycles. The molecule has 1 aliphatic rings. The molecule has 0 amide bonds. The Hall–Kier alpha value is -0.700. The second-order valence-electron chi connectivity index (χ2n) is 3.40. The minimum absolute atomic E-state index is 0.469. The fourth-order valence-electron chi connectivity index (χ4n) is 1.27. The van der Waals surface area contributed by atoms with Gasteiger partial charge in [-0.25, -0.2) is 0 Å². The van der Waals surface area contributed by atoms with Gasteiger partial charge in [-0.15, -0.1) is 12.3 Å². The van der Waals surface area contributed by atoms with Crippen LogP contribution >= 0.6 is 0 Å². The van der Waals surface area contributed by atoms with Crippen LogP contribution in [-0.4, -0.2) is 0 Å². The van der Waals surface area contributed by atoms with E-state index in [1.54, 1.807) is 0 Å². The number of terminal acetylenes is 1. The van der Waals surface area contributed by atoms with Crippen LogP contribution in [0.5, 0.6) is 0 Å². The highest BCUT2D eigenvalue weighted by molar-refractivity contribution is 5.27. The van der Waals surface area contributed by atoms with Gasteiger partial charge in [-0.05, 0) is 24.7 Å². The standard InChI is InChI=1S/C10H14/c1-4-5-6-7-10(3)8-9(10)2/h1H,2,5-8H2,3H3/t10-/m0/s1. The van der Waals surface area contributed by atoms with Gasteiger partial charge >= 0.3 is 0 Å². The number of hydrogen-bond donors (Lipinski definition) is 0. The lowest BCUT2D eigenvalue weighted by atomic mass is 10.0. The molecule has 0 unspecified atom stereocenters. The van der Waals surface area contributed by atoms with Crippen LogP contribution in [0.1, 0.15) is 32.6 Å². The highest BCUT2D eigenvalue weighted by Gasteiger charge is 2.40. The summed E-state index contributed by atoms with van der Waals surface area (Å²) in [5.74, 6) is 2.65. The van der Waals surface area contributed by atoms with Gasteiger partial charge in [0.1, 0.15) is 0 Å². The van der Waals surface area contributed by atoms with Crippen LogP contribution in [0.15, 0.2) is 12.2 Å². The van der Waals surface area contributed by atoms with Crippen molar-refractivity contribution in [3.63, 3.8) is 0 Å². The summed E-state index contributed by atoms with van der Waals surface area (Å²) in [5, 5.41) is 0. The van der Waals surface area contributed by atoms with Gasteiger partial charge in [-0.1, -0.05) is 19.1 Å². The molecule has 0 N–H and O–H groups in total. The van der Waals surface area contributed by atoms with E-state index in [-0.39, 0.29) is 0 Å². The topological polar surface area (TPSA) is 0 Å². The molecule has 0 nitrogen and oxygen atoms in total. The molecule has 0 bridgehead atoms. The molecule has 1 aliphatic carbocycles. The summed E-state index contributed by atoms with van der Waals surface area (Å²) in [6.07, 6.45) is 9.67. The normalized spacial score (nSPS) is 29.8. The molecule has 0 aliphatic heterocycles. The summed E-state index contributed by atoms with van der Waals surface area (Å²) in [4.78, 5) is 0. The van der Waals surface area contributed by atoms with E-state index in [0.29, 0.717) is 5.41 Å². The second-order valence-corrected chi connectivity index (χ2v) is 3.40. The van der Waals surface area contributed by atoms with Gasteiger partial charge < -0.3 is 0 Å². The van der Waals surface area contributed by atoms with Gasteiger partial charge in [-0.2, -0.15) is 0 Å².